The van der Waals surface area contributed by atoms with Crippen molar-refractivity contribution in [2.45, 2.75) is 19.4 Å². The quantitative estimate of drug-likeness (QED) is 0.945. The standard InChI is InChI=1S/C16H16N4OS/c1-20-8-6-13-14(10-20)22-16(18-13)19-15(21)12-4-2-3-11(9-12)5-7-17/h2-4,9H,5-6,8,10H2,1H3,(H,18,19,21). The Labute approximate surface area is 133 Å². The highest BCUT2D eigenvalue weighted by Gasteiger charge is 2.19. The van der Waals surface area contributed by atoms with Crippen LogP contribution in [-0.4, -0.2) is 29.4 Å². The van der Waals surface area contributed by atoms with Gasteiger partial charge in [-0.15, -0.1) is 11.3 Å². The number of rotatable bonds is 3. The molecule has 2 heterocycles. The third-order valence-corrected chi connectivity index (χ3v) is 4.61. The van der Waals surface area contributed by atoms with Crippen molar-refractivity contribution in [1.82, 2.24) is 9.88 Å². The molecule has 1 aliphatic rings. The lowest BCUT2D eigenvalue weighted by atomic mass is 10.1. The van der Waals surface area contributed by atoms with Gasteiger partial charge in [0.1, 0.15) is 0 Å². The highest BCUT2D eigenvalue weighted by Crippen LogP contribution is 2.28. The molecular weight excluding hydrogens is 296 g/mol. The molecule has 3 rings (SSSR count). The van der Waals surface area contributed by atoms with E-state index in [0.717, 1.165) is 30.8 Å². The molecule has 0 saturated heterocycles. The number of thiazole rings is 1. The average molecular weight is 312 g/mol. The summed E-state index contributed by atoms with van der Waals surface area (Å²) in [6.45, 7) is 1.89. The molecule has 0 atom stereocenters. The van der Waals surface area contributed by atoms with Crippen molar-refractivity contribution in [3.63, 3.8) is 0 Å². The number of likely N-dealkylation sites (N-methyl/N-ethyl adjacent to an activating group) is 1. The Hall–Kier alpha value is -2.23. The van der Waals surface area contributed by atoms with E-state index in [1.807, 2.05) is 6.07 Å². The van der Waals surface area contributed by atoms with E-state index in [4.69, 9.17) is 5.26 Å². The van der Waals surface area contributed by atoms with Crippen LogP contribution in [0, 0.1) is 11.3 Å². The zero-order valence-corrected chi connectivity index (χ0v) is 13.1. The first-order chi connectivity index (χ1) is 10.7. The molecule has 0 saturated carbocycles. The van der Waals surface area contributed by atoms with Crippen LogP contribution in [0.4, 0.5) is 5.13 Å². The first-order valence-electron chi connectivity index (χ1n) is 7.10. The Bertz CT molecular complexity index is 747. The van der Waals surface area contributed by atoms with E-state index < -0.39 is 0 Å². The summed E-state index contributed by atoms with van der Waals surface area (Å²) in [4.78, 5) is 20.3. The second kappa shape index (κ2) is 6.26. The van der Waals surface area contributed by atoms with Crippen LogP contribution >= 0.6 is 11.3 Å². The summed E-state index contributed by atoms with van der Waals surface area (Å²) < 4.78 is 0. The predicted molar refractivity (Wildman–Crippen MR) is 85.9 cm³/mol. The highest BCUT2D eigenvalue weighted by atomic mass is 32.1. The maximum absolute atomic E-state index is 12.3. The van der Waals surface area contributed by atoms with Gasteiger partial charge in [-0.05, 0) is 24.7 Å². The number of aromatic nitrogens is 1. The summed E-state index contributed by atoms with van der Waals surface area (Å²) in [6, 6.07) is 9.23. The van der Waals surface area contributed by atoms with Crippen LogP contribution in [0.2, 0.25) is 0 Å². The van der Waals surface area contributed by atoms with Crippen LogP contribution in [-0.2, 0) is 19.4 Å². The minimum atomic E-state index is -0.181. The topological polar surface area (TPSA) is 69.0 Å². The van der Waals surface area contributed by atoms with Gasteiger partial charge in [0, 0.05) is 30.0 Å². The molecule has 112 valence electrons. The lowest BCUT2D eigenvalue weighted by Crippen LogP contribution is -2.25. The van der Waals surface area contributed by atoms with Crippen molar-refractivity contribution in [2.24, 2.45) is 0 Å². The Morgan fingerprint density at radius 1 is 1.55 bits per heavy atom. The normalized spacial score (nSPS) is 14.2. The van der Waals surface area contributed by atoms with Crippen molar-refractivity contribution in [2.75, 3.05) is 18.9 Å². The number of nitrogens with one attached hydrogen (secondary N) is 1. The molecule has 6 heteroatoms. The fourth-order valence-corrected chi connectivity index (χ4v) is 3.54. The van der Waals surface area contributed by atoms with Gasteiger partial charge in [0.25, 0.3) is 5.91 Å². The van der Waals surface area contributed by atoms with E-state index in [1.165, 1.54) is 16.2 Å². The molecule has 0 spiro atoms. The molecule has 1 aromatic heterocycles. The van der Waals surface area contributed by atoms with Crippen molar-refractivity contribution < 1.29 is 4.79 Å². The fraction of sp³-hybridized carbons (Fsp3) is 0.312. The smallest absolute Gasteiger partial charge is 0.257 e. The number of nitrogens with zero attached hydrogens (tertiary/aromatic N) is 3. The molecule has 22 heavy (non-hydrogen) atoms. The van der Waals surface area contributed by atoms with Gasteiger partial charge in [-0.1, -0.05) is 12.1 Å². The molecule has 1 aromatic carbocycles. The van der Waals surface area contributed by atoms with Crippen LogP contribution in [0.15, 0.2) is 24.3 Å². The Morgan fingerprint density at radius 3 is 3.23 bits per heavy atom. The van der Waals surface area contributed by atoms with Crippen molar-refractivity contribution in [3.05, 3.63) is 46.0 Å². The second-order valence-electron chi connectivity index (χ2n) is 5.37. The van der Waals surface area contributed by atoms with Crippen LogP contribution in [0.25, 0.3) is 0 Å². The van der Waals surface area contributed by atoms with Gasteiger partial charge in [0.15, 0.2) is 5.13 Å². The third kappa shape index (κ3) is 3.16. The number of nitriles is 1. The summed E-state index contributed by atoms with van der Waals surface area (Å²) in [5.41, 5.74) is 2.49. The molecular formula is C16H16N4OS. The van der Waals surface area contributed by atoms with E-state index in [1.54, 1.807) is 18.2 Å². The summed E-state index contributed by atoms with van der Waals surface area (Å²) in [5, 5.41) is 12.3. The van der Waals surface area contributed by atoms with Gasteiger partial charge < -0.3 is 4.90 Å². The van der Waals surface area contributed by atoms with Crippen molar-refractivity contribution >= 4 is 22.4 Å². The number of carbonyl (C=O) groups is 1. The van der Waals surface area contributed by atoms with Crippen molar-refractivity contribution in [3.8, 4) is 6.07 Å². The maximum Gasteiger partial charge on any atom is 0.257 e. The largest absolute Gasteiger partial charge is 0.301 e. The Balaban J connectivity index is 1.75. The second-order valence-corrected chi connectivity index (χ2v) is 6.45. The number of carbonyl (C=O) groups excluding carboxylic acids is 1. The predicted octanol–water partition coefficient (Wildman–Crippen LogP) is 2.45. The fourth-order valence-electron chi connectivity index (χ4n) is 2.46. The maximum atomic E-state index is 12.3. The van der Waals surface area contributed by atoms with E-state index in [9.17, 15) is 4.79 Å². The molecule has 1 aliphatic heterocycles. The van der Waals surface area contributed by atoms with E-state index in [0.29, 0.717) is 17.1 Å². The molecule has 0 unspecified atom stereocenters. The van der Waals surface area contributed by atoms with Crippen molar-refractivity contribution in [1.29, 1.82) is 5.26 Å². The first kappa shape index (κ1) is 14.7. The van der Waals surface area contributed by atoms with Crippen LogP contribution in [0.1, 0.15) is 26.5 Å². The van der Waals surface area contributed by atoms with Gasteiger partial charge in [-0.25, -0.2) is 4.98 Å². The average Bonchev–Trinajstić information content (AvgIpc) is 2.89. The summed E-state index contributed by atoms with van der Waals surface area (Å²) in [6.07, 6.45) is 1.23. The number of hydrogen-bond donors (Lipinski definition) is 1. The molecule has 5 nitrogen and oxygen atoms in total. The molecule has 0 fully saturated rings. The number of anilines is 1. The molecule has 0 aliphatic carbocycles. The van der Waals surface area contributed by atoms with E-state index >= 15 is 0 Å². The zero-order valence-electron chi connectivity index (χ0n) is 12.3. The lowest BCUT2D eigenvalue weighted by molar-refractivity contribution is 0.102. The third-order valence-electron chi connectivity index (χ3n) is 3.61. The molecule has 0 radical (unpaired) electrons. The van der Waals surface area contributed by atoms with E-state index in [2.05, 4.69) is 28.3 Å². The highest BCUT2D eigenvalue weighted by molar-refractivity contribution is 7.15. The van der Waals surface area contributed by atoms with E-state index in [-0.39, 0.29) is 5.91 Å². The Kier molecular flexibility index (Phi) is 4.18. The SMILES string of the molecule is CN1CCc2nc(NC(=O)c3cccc(CC#N)c3)sc2C1. The van der Waals surface area contributed by atoms with Crippen LogP contribution in [0.5, 0.6) is 0 Å². The zero-order chi connectivity index (χ0) is 15.5. The van der Waals surface area contributed by atoms with Gasteiger partial charge in [0.05, 0.1) is 18.2 Å². The summed E-state index contributed by atoms with van der Waals surface area (Å²) >= 11 is 1.54. The van der Waals surface area contributed by atoms with Gasteiger partial charge in [0.2, 0.25) is 0 Å². The molecule has 0 bridgehead atoms. The number of hydrogen-bond acceptors (Lipinski definition) is 5. The summed E-state index contributed by atoms with van der Waals surface area (Å²) in [7, 11) is 2.08. The lowest BCUT2D eigenvalue weighted by Gasteiger charge is -2.20. The monoisotopic (exact) mass is 312 g/mol. The number of fused-ring (bicyclic) bond motifs is 1. The summed E-state index contributed by atoms with van der Waals surface area (Å²) in [5.74, 6) is -0.181. The number of amides is 1. The molecule has 1 amide bonds. The first-order valence-corrected chi connectivity index (χ1v) is 7.91. The van der Waals surface area contributed by atoms with Gasteiger partial charge >= 0.3 is 0 Å². The minimum absolute atomic E-state index is 0.181. The molecule has 2 aromatic rings. The molecule has 1 N–H and O–H groups in total. The van der Waals surface area contributed by atoms with Gasteiger partial charge in [-0.3, -0.25) is 10.1 Å². The Morgan fingerprint density at radius 2 is 2.41 bits per heavy atom. The van der Waals surface area contributed by atoms with Crippen LogP contribution in [0.3, 0.4) is 0 Å². The van der Waals surface area contributed by atoms with Gasteiger partial charge in [-0.2, -0.15) is 5.26 Å². The minimum Gasteiger partial charge on any atom is -0.301 e. The number of benzene rings is 1. The van der Waals surface area contributed by atoms with Crippen LogP contribution < -0.4 is 5.32 Å².